The second-order valence-corrected chi connectivity index (χ2v) is 7.49. The molecule has 2 fully saturated rings. The molecule has 0 aliphatic carbocycles. The van der Waals surface area contributed by atoms with Gasteiger partial charge in [-0.25, -0.2) is 0 Å². The van der Waals surface area contributed by atoms with Crippen molar-refractivity contribution in [1.29, 1.82) is 0 Å². The Kier molecular flexibility index (Phi) is 8.73. The average Bonchev–Trinajstić information content (AvgIpc) is 2.70. The van der Waals surface area contributed by atoms with Crippen LogP contribution >= 0.6 is 12.4 Å². The first kappa shape index (κ1) is 22.7. The first-order valence-electron chi connectivity index (χ1n) is 10.1. The summed E-state index contributed by atoms with van der Waals surface area (Å²) < 4.78 is 5.55. The van der Waals surface area contributed by atoms with Gasteiger partial charge in [0.25, 0.3) is 0 Å². The van der Waals surface area contributed by atoms with Crippen LogP contribution in [0, 0.1) is 0 Å². The zero-order valence-electron chi connectivity index (χ0n) is 16.7. The summed E-state index contributed by atoms with van der Waals surface area (Å²) in [4.78, 5) is 27.4. The maximum absolute atomic E-state index is 13.0. The number of hydrogen-bond donors (Lipinski definition) is 2. The predicted molar refractivity (Wildman–Crippen MR) is 112 cm³/mol. The number of nitrogens with zero attached hydrogens (tertiary/aromatic N) is 1. The Bertz CT molecular complexity index is 635. The lowest BCUT2D eigenvalue weighted by molar-refractivity contribution is -0.134. The molecule has 28 heavy (non-hydrogen) atoms. The number of ether oxygens (including phenoxy) is 1. The monoisotopic (exact) mass is 409 g/mol. The van der Waals surface area contributed by atoms with E-state index in [1.54, 1.807) is 0 Å². The smallest absolute Gasteiger partial charge is 0.240 e. The van der Waals surface area contributed by atoms with Crippen molar-refractivity contribution in [3.05, 3.63) is 35.9 Å². The molecule has 2 aliphatic heterocycles. The number of hydrogen-bond acceptors (Lipinski definition) is 4. The van der Waals surface area contributed by atoms with Crippen molar-refractivity contribution in [3.8, 4) is 0 Å². The van der Waals surface area contributed by atoms with Gasteiger partial charge in [-0.1, -0.05) is 37.3 Å². The maximum Gasteiger partial charge on any atom is 0.240 e. The molecule has 3 rings (SSSR count). The molecule has 2 N–H and O–H groups in total. The minimum absolute atomic E-state index is 0. The first-order valence-corrected chi connectivity index (χ1v) is 10.1. The summed E-state index contributed by atoms with van der Waals surface area (Å²) in [6.45, 7) is 6.71. The van der Waals surface area contributed by atoms with E-state index in [2.05, 4.69) is 17.6 Å². The molecule has 1 aromatic carbocycles. The molecule has 0 spiro atoms. The highest BCUT2D eigenvalue weighted by Crippen LogP contribution is 2.24. The molecular weight excluding hydrogens is 378 g/mol. The third-order valence-electron chi connectivity index (χ3n) is 5.66. The number of rotatable bonds is 5. The molecule has 156 valence electrons. The molecule has 1 unspecified atom stereocenters. The van der Waals surface area contributed by atoms with Gasteiger partial charge in [-0.2, -0.15) is 0 Å². The van der Waals surface area contributed by atoms with E-state index in [9.17, 15) is 9.59 Å². The van der Waals surface area contributed by atoms with Gasteiger partial charge in [-0.15, -0.1) is 12.4 Å². The van der Waals surface area contributed by atoms with E-state index in [0.29, 0.717) is 26.2 Å². The van der Waals surface area contributed by atoms with E-state index in [-0.39, 0.29) is 48.3 Å². The van der Waals surface area contributed by atoms with Crippen LogP contribution in [0.1, 0.15) is 44.6 Å². The van der Waals surface area contributed by atoms with Gasteiger partial charge < -0.3 is 20.3 Å². The van der Waals surface area contributed by atoms with Gasteiger partial charge in [0, 0.05) is 25.7 Å². The summed E-state index contributed by atoms with van der Waals surface area (Å²) in [5.74, 6) is 0.119. The fourth-order valence-electron chi connectivity index (χ4n) is 4.02. The minimum atomic E-state index is -0.291. The Morgan fingerprint density at radius 3 is 2.54 bits per heavy atom. The van der Waals surface area contributed by atoms with E-state index < -0.39 is 0 Å². The van der Waals surface area contributed by atoms with Gasteiger partial charge in [0.15, 0.2) is 0 Å². The molecule has 6 nitrogen and oxygen atoms in total. The number of likely N-dealkylation sites (tertiary alicyclic amines) is 1. The lowest BCUT2D eigenvalue weighted by atomic mass is 9.93. The number of benzene rings is 1. The Hall–Kier alpha value is -1.63. The third-order valence-corrected chi connectivity index (χ3v) is 5.66. The minimum Gasteiger partial charge on any atom is -0.375 e. The molecular formula is C21H32ClN3O3. The van der Waals surface area contributed by atoms with Crippen LogP contribution in [0.2, 0.25) is 0 Å². The van der Waals surface area contributed by atoms with Crippen molar-refractivity contribution in [2.45, 2.75) is 57.2 Å². The number of carbonyl (C=O) groups is 2. The number of carbonyl (C=O) groups excluding carboxylic acids is 2. The molecule has 2 heterocycles. The topological polar surface area (TPSA) is 70.7 Å². The van der Waals surface area contributed by atoms with Crippen LogP contribution in [0.5, 0.6) is 0 Å². The fraction of sp³-hybridized carbons (Fsp3) is 0.619. The second kappa shape index (κ2) is 10.8. The van der Waals surface area contributed by atoms with Crippen molar-refractivity contribution in [2.75, 3.05) is 26.2 Å². The predicted octanol–water partition coefficient (Wildman–Crippen LogP) is 2.09. The fourth-order valence-corrected chi connectivity index (χ4v) is 4.02. The number of morpholine rings is 1. The second-order valence-electron chi connectivity index (χ2n) is 7.49. The standard InChI is InChI=1S/C21H31N3O3.ClH/c1-3-18(16-7-5-4-6-8-16)21(26)24-12-9-17(10-13-24)23-20(25)19-15(2)27-14-11-22-19;/h4-8,15,17-19,22H,3,9-14H2,1-2H3,(H,23,25);1H/t15-,18?,19+;/m1./s1. The average molecular weight is 410 g/mol. The normalized spacial score (nSPS) is 24.1. The van der Waals surface area contributed by atoms with Crippen LogP contribution in [-0.4, -0.2) is 61.1 Å². The van der Waals surface area contributed by atoms with Gasteiger partial charge in [0.05, 0.1) is 18.6 Å². The lowest BCUT2D eigenvalue weighted by Gasteiger charge is -2.36. The number of halogens is 1. The highest BCUT2D eigenvalue weighted by Gasteiger charge is 2.32. The molecule has 2 amide bonds. The van der Waals surface area contributed by atoms with Gasteiger partial charge >= 0.3 is 0 Å². The van der Waals surface area contributed by atoms with Crippen molar-refractivity contribution in [2.24, 2.45) is 0 Å². The molecule has 3 atom stereocenters. The van der Waals surface area contributed by atoms with Gasteiger partial charge in [0.1, 0.15) is 6.04 Å². The van der Waals surface area contributed by atoms with Gasteiger partial charge in [-0.05, 0) is 31.7 Å². The van der Waals surface area contributed by atoms with Crippen molar-refractivity contribution < 1.29 is 14.3 Å². The van der Waals surface area contributed by atoms with Gasteiger partial charge in [-0.3, -0.25) is 9.59 Å². The van der Waals surface area contributed by atoms with E-state index >= 15 is 0 Å². The highest BCUT2D eigenvalue weighted by atomic mass is 35.5. The van der Waals surface area contributed by atoms with Crippen molar-refractivity contribution in [3.63, 3.8) is 0 Å². The molecule has 7 heteroatoms. The molecule has 1 aromatic rings. The van der Waals surface area contributed by atoms with Crippen LogP contribution in [0.3, 0.4) is 0 Å². The van der Waals surface area contributed by atoms with Crippen LogP contribution < -0.4 is 10.6 Å². The molecule has 0 saturated carbocycles. The summed E-state index contributed by atoms with van der Waals surface area (Å²) in [5, 5.41) is 6.36. The zero-order chi connectivity index (χ0) is 19.2. The summed E-state index contributed by atoms with van der Waals surface area (Å²) in [5.41, 5.74) is 1.08. The maximum atomic E-state index is 13.0. The number of nitrogens with one attached hydrogen (secondary N) is 2. The largest absolute Gasteiger partial charge is 0.375 e. The molecule has 0 bridgehead atoms. The zero-order valence-corrected chi connectivity index (χ0v) is 17.5. The molecule has 0 aromatic heterocycles. The highest BCUT2D eigenvalue weighted by molar-refractivity contribution is 5.85. The molecule has 0 radical (unpaired) electrons. The summed E-state index contributed by atoms with van der Waals surface area (Å²) in [6, 6.07) is 9.82. The van der Waals surface area contributed by atoms with E-state index in [0.717, 1.165) is 24.8 Å². The van der Waals surface area contributed by atoms with Crippen molar-refractivity contribution >= 4 is 24.2 Å². The molecule has 2 saturated heterocycles. The lowest BCUT2D eigenvalue weighted by Crippen LogP contribution is -2.58. The SMILES string of the molecule is CCC(C(=O)N1CCC(NC(=O)[C@H]2NCCO[C@@H]2C)CC1)c1ccccc1.Cl. The van der Waals surface area contributed by atoms with Crippen molar-refractivity contribution in [1.82, 2.24) is 15.5 Å². The summed E-state index contributed by atoms with van der Waals surface area (Å²) in [7, 11) is 0. The van der Waals surface area contributed by atoms with Crippen LogP contribution in [0.15, 0.2) is 30.3 Å². The van der Waals surface area contributed by atoms with Crippen LogP contribution in [-0.2, 0) is 14.3 Å². The van der Waals surface area contributed by atoms with E-state index in [1.165, 1.54) is 0 Å². The Balaban J connectivity index is 0.00000280. The first-order chi connectivity index (χ1) is 13.1. The number of piperidine rings is 1. The third kappa shape index (κ3) is 5.46. The summed E-state index contributed by atoms with van der Waals surface area (Å²) in [6.07, 6.45) is 2.27. The quantitative estimate of drug-likeness (QED) is 0.781. The Morgan fingerprint density at radius 2 is 1.93 bits per heavy atom. The van der Waals surface area contributed by atoms with Gasteiger partial charge in [0.2, 0.25) is 11.8 Å². The van der Waals surface area contributed by atoms with E-state index in [4.69, 9.17) is 4.74 Å². The van der Waals surface area contributed by atoms with E-state index in [1.807, 2.05) is 42.2 Å². The van der Waals surface area contributed by atoms with Crippen LogP contribution in [0.4, 0.5) is 0 Å². The van der Waals surface area contributed by atoms with Crippen LogP contribution in [0.25, 0.3) is 0 Å². The Labute approximate surface area is 173 Å². The summed E-state index contributed by atoms with van der Waals surface area (Å²) >= 11 is 0. The Morgan fingerprint density at radius 1 is 1.25 bits per heavy atom. The molecule has 2 aliphatic rings. The number of amides is 2.